The molecule has 5 heteroatoms. The molecule has 2 heterocycles. The molecular weight excluding hydrogens is 262 g/mol. The Morgan fingerprint density at radius 2 is 2.42 bits per heavy atom. The number of halogens is 1. The highest BCUT2D eigenvalue weighted by Gasteiger charge is 2.22. The molecule has 2 aromatic rings. The van der Waals surface area contributed by atoms with E-state index in [-0.39, 0.29) is 6.04 Å². The van der Waals surface area contributed by atoms with E-state index in [0.717, 1.165) is 30.0 Å². The molecule has 0 saturated heterocycles. The van der Waals surface area contributed by atoms with Gasteiger partial charge in [-0.25, -0.2) is 0 Å². The number of benzene rings is 1. The molecule has 0 unspecified atom stereocenters. The predicted octanol–water partition coefficient (Wildman–Crippen LogP) is 2.98. The second kappa shape index (κ2) is 5.23. The van der Waals surface area contributed by atoms with Crippen LogP contribution in [0.25, 0.3) is 0 Å². The minimum Gasteiger partial charge on any atom is -0.492 e. The van der Waals surface area contributed by atoms with Gasteiger partial charge in [0.2, 0.25) is 0 Å². The summed E-state index contributed by atoms with van der Waals surface area (Å²) in [5.41, 5.74) is 3.43. The van der Waals surface area contributed by atoms with E-state index in [9.17, 15) is 0 Å². The molecule has 1 atom stereocenters. The van der Waals surface area contributed by atoms with Crippen LogP contribution in [0.4, 0.5) is 0 Å². The standard InChI is InChI=1S/C14H16ClN3O/c1-9-10(8-17-18-9)7-16-13-5-6-19-14-11(13)3-2-4-12(14)15/h2-4,8,13,16H,5-7H2,1H3,(H,17,18)/t13-/m0/s1. The van der Waals surface area contributed by atoms with Gasteiger partial charge in [-0.05, 0) is 13.0 Å². The molecule has 100 valence electrons. The summed E-state index contributed by atoms with van der Waals surface area (Å²) in [5, 5.41) is 11.2. The first-order valence-electron chi connectivity index (χ1n) is 6.39. The van der Waals surface area contributed by atoms with Crippen LogP contribution in [-0.2, 0) is 6.54 Å². The first-order chi connectivity index (χ1) is 9.25. The van der Waals surface area contributed by atoms with Gasteiger partial charge in [0.1, 0.15) is 5.75 Å². The van der Waals surface area contributed by atoms with Crippen LogP contribution in [0.1, 0.15) is 29.3 Å². The zero-order valence-corrected chi connectivity index (χ0v) is 11.5. The van der Waals surface area contributed by atoms with Gasteiger partial charge in [0.25, 0.3) is 0 Å². The summed E-state index contributed by atoms with van der Waals surface area (Å²) >= 11 is 6.16. The van der Waals surface area contributed by atoms with E-state index in [1.165, 1.54) is 5.56 Å². The summed E-state index contributed by atoms with van der Waals surface area (Å²) in [6, 6.07) is 6.17. The lowest BCUT2D eigenvalue weighted by Gasteiger charge is -2.27. The quantitative estimate of drug-likeness (QED) is 0.907. The molecule has 1 aliphatic rings. The normalized spacial score (nSPS) is 17.9. The van der Waals surface area contributed by atoms with Crippen LogP contribution in [-0.4, -0.2) is 16.8 Å². The fourth-order valence-electron chi connectivity index (χ4n) is 2.39. The van der Waals surface area contributed by atoms with Crippen molar-refractivity contribution >= 4 is 11.6 Å². The Bertz CT molecular complexity index is 582. The Kier molecular flexibility index (Phi) is 3.44. The maximum atomic E-state index is 6.16. The highest BCUT2D eigenvalue weighted by molar-refractivity contribution is 6.32. The Labute approximate surface area is 117 Å². The lowest BCUT2D eigenvalue weighted by Crippen LogP contribution is -2.27. The van der Waals surface area contributed by atoms with Crippen molar-refractivity contribution in [2.24, 2.45) is 0 Å². The summed E-state index contributed by atoms with van der Waals surface area (Å²) in [5.74, 6) is 0.817. The number of aryl methyl sites for hydroxylation is 1. The second-order valence-corrected chi connectivity index (χ2v) is 5.16. The molecule has 19 heavy (non-hydrogen) atoms. The number of nitrogens with zero attached hydrogens (tertiary/aromatic N) is 1. The third kappa shape index (κ3) is 2.46. The van der Waals surface area contributed by atoms with Gasteiger partial charge in [-0.15, -0.1) is 0 Å². The summed E-state index contributed by atoms with van der Waals surface area (Å²) in [4.78, 5) is 0. The molecule has 1 aromatic carbocycles. The van der Waals surface area contributed by atoms with Crippen LogP contribution >= 0.6 is 11.6 Å². The molecule has 1 aromatic heterocycles. The number of nitrogens with one attached hydrogen (secondary N) is 2. The average Bonchev–Trinajstić information content (AvgIpc) is 2.82. The van der Waals surface area contributed by atoms with Gasteiger partial charge in [0.05, 0.1) is 17.8 Å². The summed E-state index contributed by atoms with van der Waals surface area (Å²) < 4.78 is 5.65. The van der Waals surface area contributed by atoms with Crippen LogP contribution in [0.3, 0.4) is 0 Å². The van der Waals surface area contributed by atoms with Crippen LogP contribution in [0, 0.1) is 6.92 Å². The molecule has 0 fully saturated rings. The molecule has 0 amide bonds. The van der Waals surface area contributed by atoms with Gasteiger partial charge in [-0.2, -0.15) is 5.10 Å². The van der Waals surface area contributed by atoms with Gasteiger partial charge < -0.3 is 10.1 Å². The second-order valence-electron chi connectivity index (χ2n) is 4.75. The number of para-hydroxylation sites is 1. The fourth-order valence-corrected chi connectivity index (χ4v) is 2.62. The third-order valence-corrected chi connectivity index (χ3v) is 3.80. The van der Waals surface area contributed by atoms with E-state index < -0.39 is 0 Å². The van der Waals surface area contributed by atoms with E-state index in [2.05, 4.69) is 21.6 Å². The first kappa shape index (κ1) is 12.5. The monoisotopic (exact) mass is 277 g/mol. The van der Waals surface area contributed by atoms with Crippen molar-refractivity contribution in [3.8, 4) is 5.75 Å². The Balaban J connectivity index is 1.77. The number of fused-ring (bicyclic) bond motifs is 1. The minimum absolute atomic E-state index is 0.275. The zero-order chi connectivity index (χ0) is 13.2. The van der Waals surface area contributed by atoms with E-state index in [0.29, 0.717) is 11.6 Å². The molecule has 4 nitrogen and oxygen atoms in total. The van der Waals surface area contributed by atoms with Gasteiger partial charge in [-0.3, -0.25) is 5.10 Å². The summed E-state index contributed by atoms with van der Waals surface area (Å²) in [6.45, 7) is 3.51. The van der Waals surface area contributed by atoms with Crippen molar-refractivity contribution in [1.82, 2.24) is 15.5 Å². The number of hydrogen-bond donors (Lipinski definition) is 2. The van der Waals surface area contributed by atoms with Crippen molar-refractivity contribution in [2.45, 2.75) is 25.9 Å². The van der Waals surface area contributed by atoms with Crippen molar-refractivity contribution in [2.75, 3.05) is 6.61 Å². The Morgan fingerprint density at radius 1 is 1.53 bits per heavy atom. The van der Waals surface area contributed by atoms with Gasteiger partial charge >= 0.3 is 0 Å². The van der Waals surface area contributed by atoms with Gasteiger partial charge in [-0.1, -0.05) is 23.7 Å². The first-order valence-corrected chi connectivity index (χ1v) is 6.77. The Morgan fingerprint density at radius 3 is 3.21 bits per heavy atom. The number of aromatic amines is 1. The minimum atomic E-state index is 0.275. The van der Waals surface area contributed by atoms with Crippen molar-refractivity contribution in [3.63, 3.8) is 0 Å². The number of ether oxygens (including phenoxy) is 1. The summed E-state index contributed by atoms with van der Waals surface area (Å²) in [7, 11) is 0. The molecular formula is C14H16ClN3O. The Hall–Kier alpha value is -1.52. The van der Waals surface area contributed by atoms with E-state index in [1.807, 2.05) is 25.3 Å². The van der Waals surface area contributed by atoms with Crippen LogP contribution in [0.5, 0.6) is 5.75 Å². The maximum Gasteiger partial charge on any atom is 0.142 e. The molecule has 0 spiro atoms. The lowest BCUT2D eigenvalue weighted by atomic mass is 10.0. The summed E-state index contributed by atoms with van der Waals surface area (Å²) in [6.07, 6.45) is 2.81. The fraction of sp³-hybridized carbons (Fsp3) is 0.357. The highest BCUT2D eigenvalue weighted by atomic mass is 35.5. The van der Waals surface area contributed by atoms with E-state index >= 15 is 0 Å². The van der Waals surface area contributed by atoms with E-state index in [1.54, 1.807) is 0 Å². The molecule has 0 aliphatic carbocycles. The van der Waals surface area contributed by atoms with E-state index in [4.69, 9.17) is 16.3 Å². The van der Waals surface area contributed by atoms with Crippen LogP contribution < -0.4 is 10.1 Å². The molecule has 0 radical (unpaired) electrons. The SMILES string of the molecule is Cc1[nH]ncc1CN[C@H]1CCOc2c(Cl)cccc21. The molecule has 0 bridgehead atoms. The molecule has 1 aliphatic heterocycles. The predicted molar refractivity (Wildman–Crippen MR) is 74.5 cm³/mol. The number of hydrogen-bond acceptors (Lipinski definition) is 3. The highest BCUT2D eigenvalue weighted by Crippen LogP contribution is 2.37. The number of rotatable bonds is 3. The molecule has 0 saturated carbocycles. The van der Waals surface area contributed by atoms with Crippen molar-refractivity contribution < 1.29 is 4.74 Å². The van der Waals surface area contributed by atoms with Gasteiger partial charge in [0, 0.05) is 35.8 Å². The van der Waals surface area contributed by atoms with Crippen molar-refractivity contribution in [3.05, 3.63) is 46.2 Å². The molecule has 3 rings (SSSR count). The maximum absolute atomic E-state index is 6.16. The average molecular weight is 278 g/mol. The van der Waals surface area contributed by atoms with Crippen molar-refractivity contribution in [1.29, 1.82) is 0 Å². The number of H-pyrrole nitrogens is 1. The zero-order valence-electron chi connectivity index (χ0n) is 10.7. The largest absolute Gasteiger partial charge is 0.492 e. The third-order valence-electron chi connectivity index (χ3n) is 3.50. The number of aromatic nitrogens is 2. The van der Waals surface area contributed by atoms with Gasteiger partial charge in [0.15, 0.2) is 0 Å². The lowest BCUT2D eigenvalue weighted by molar-refractivity contribution is 0.252. The topological polar surface area (TPSA) is 49.9 Å². The molecule has 2 N–H and O–H groups in total. The van der Waals surface area contributed by atoms with Crippen LogP contribution in [0.2, 0.25) is 5.02 Å². The smallest absolute Gasteiger partial charge is 0.142 e. The van der Waals surface area contributed by atoms with Crippen LogP contribution in [0.15, 0.2) is 24.4 Å².